The first-order valence-corrected chi connectivity index (χ1v) is 9.81. The number of carbonyl (C=O) groups excluding carboxylic acids is 1. The van der Waals surface area contributed by atoms with E-state index in [0.717, 1.165) is 31.3 Å². The van der Waals surface area contributed by atoms with E-state index in [-0.39, 0.29) is 16.5 Å². The van der Waals surface area contributed by atoms with Gasteiger partial charge in [0.05, 0.1) is 35.2 Å². The van der Waals surface area contributed by atoms with Gasteiger partial charge in [-0.2, -0.15) is 5.10 Å². The molecule has 0 atom stereocenters. The van der Waals surface area contributed by atoms with E-state index >= 15 is 0 Å². The average Bonchev–Trinajstić information content (AvgIpc) is 3.23. The summed E-state index contributed by atoms with van der Waals surface area (Å²) in [6.07, 6.45) is 5.64. The minimum absolute atomic E-state index is 0.0650. The van der Waals surface area contributed by atoms with Crippen molar-refractivity contribution < 1.29 is 13.6 Å². The summed E-state index contributed by atoms with van der Waals surface area (Å²) in [4.78, 5) is 22.5. The molecule has 2 aliphatic rings. The second-order valence-corrected chi connectivity index (χ2v) is 8.00. The summed E-state index contributed by atoms with van der Waals surface area (Å²) in [5.74, 6) is -1.89. The van der Waals surface area contributed by atoms with Crippen LogP contribution in [-0.2, 0) is 12.5 Å². The third kappa shape index (κ3) is 3.11. The zero-order valence-corrected chi connectivity index (χ0v) is 16.4. The molecule has 3 heterocycles. The highest BCUT2D eigenvalue weighted by molar-refractivity contribution is 6.31. The molecule has 0 radical (unpaired) electrons. The molecule has 3 aromatic rings. The molecular formula is C20H18ClF2N5O. The van der Waals surface area contributed by atoms with Crippen LogP contribution in [0.15, 0.2) is 30.6 Å². The summed E-state index contributed by atoms with van der Waals surface area (Å²) < 4.78 is 28.9. The normalized spacial score (nSPS) is 17.0. The van der Waals surface area contributed by atoms with Crippen molar-refractivity contribution >= 4 is 23.2 Å². The number of benzene rings is 1. The Bertz CT molecular complexity index is 1110. The fourth-order valence-electron chi connectivity index (χ4n) is 3.71. The highest BCUT2D eigenvalue weighted by atomic mass is 35.5. The second-order valence-electron chi connectivity index (χ2n) is 7.60. The molecule has 6 nitrogen and oxygen atoms in total. The molecule has 0 saturated heterocycles. The maximum Gasteiger partial charge on any atom is 0.277 e. The van der Waals surface area contributed by atoms with Gasteiger partial charge in [0.1, 0.15) is 11.5 Å². The van der Waals surface area contributed by atoms with Crippen LogP contribution in [0.2, 0.25) is 5.02 Å². The molecule has 0 spiro atoms. The molecule has 150 valence electrons. The fourth-order valence-corrected chi connectivity index (χ4v) is 4.05. The van der Waals surface area contributed by atoms with Crippen LogP contribution in [0.3, 0.4) is 0 Å². The van der Waals surface area contributed by atoms with E-state index in [2.05, 4.69) is 15.1 Å². The number of halogens is 3. The van der Waals surface area contributed by atoms with Crippen LogP contribution < -0.4 is 4.90 Å². The number of aromatic nitrogens is 4. The van der Waals surface area contributed by atoms with Crippen LogP contribution in [0.4, 0.5) is 14.5 Å². The van der Waals surface area contributed by atoms with Crippen molar-refractivity contribution in [3.63, 3.8) is 0 Å². The number of H-pyrrole nitrogens is 1. The molecular weight excluding hydrogens is 400 g/mol. The van der Waals surface area contributed by atoms with Crippen molar-refractivity contribution in [2.75, 3.05) is 11.4 Å². The molecule has 1 fully saturated rings. The minimum Gasteiger partial charge on any atom is -0.342 e. The number of alkyl halides is 2. The zero-order chi connectivity index (χ0) is 20.3. The van der Waals surface area contributed by atoms with Gasteiger partial charge >= 0.3 is 0 Å². The highest BCUT2D eigenvalue weighted by Gasteiger charge is 2.33. The number of rotatable bonds is 4. The first kappa shape index (κ1) is 18.3. The Morgan fingerprint density at radius 2 is 2.03 bits per heavy atom. The molecule has 2 aromatic heterocycles. The van der Waals surface area contributed by atoms with Crippen molar-refractivity contribution in [1.82, 2.24) is 19.7 Å². The number of imidazole rings is 1. The van der Waals surface area contributed by atoms with Gasteiger partial charge in [0.15, 0.2) is 0 Å². The summed E-state index contributed by atoms with van der Waals surface area (Å²) >= 11 is 6.08. The number of nitrogens with zero attached hydrogens (tertiary/aromatic N) is 4. The van der Waals surface area contributed by atoms with Gasteiger partial charge in [-0.05, 0) is 31.0 Å². The Morgan fingerprint density at radius 3 is 2.72 bits per heavy atom. The fraction of sp³-hybridized carbons (Fsp3) is 0.350. The maximum atomic E-state index is 13.6. The van der Waals surface area contributed by atoms with Crippen molar-refractivity contribution in [2.24, 2.45) is 0 Å². The van der Waals surface area contributed by atoms with Crippen LogP contribution in [-0.4, -0.2) is 32.2 Å². The van der Waals surface area contributed by atoms with E-state index in [1.54, 1.807) is 22.0 Å². The van der Waals surface area contributed by atoms with Crippen LogP contribution in [0.25, 0.3) is 11.3 Å². The van der Waals surface area contributed by atoms with Gasteiger partial charge < -0.3 is 9.88 Å². The average molecular weight is 418 g/mol. The molecule has 1 aliphatic carbocycles. The number of hydrogen-bond acceptors (Lipinski definition) is 3. The molecule has 0 bridgehead atoms. The number of anilines is 1. The lowest BCUT2D eigenvalue weighted by Gasteiger charge is -2.28. The summed E-state index contributed by atoms with van der Waals surface area (Å²) in [5.41, 5.74) is 2.10. The number of nitrogens with one attached hydrogen (secondary N) is 1. The summed E-state index contributed by atoms with van der Waals surface area (Å²) in [5, 5.41) is 4.28. The smallest absolute Gasteiger partial charge is 0.277 e. The predicted octanol–water partition coefficient (Wildman–Crippen LogP) is 4.58. The first-order valence-electron chi connectivity index (χ1n) is 9.43. The van der Waals surface area contributed by atoms with Crippen molar-refractivity contribution in [2.45, 2.75) is 38.2 Å². The van der Waals surface area contributed by atoms with Gasteiger partial charge in [-0.3, -0.25) is 9.48 Å². The Hall–Kier alpha value is -2.74. The van der Waals surface area contributed by atoms with E-state index in [9.17, 15) is 13.6 Å². The Kier molecular flexibility index (Phi) is 4.03. The van der Waals surface area contributed by atoms with Crippen molar-refractivity contribution in [3.05, 3.63) is 52.7 Å². The van der Waals surface area contributed by atoms with E-state index in [1.807, 2.05) is 0 Å². The van der Waals surface area contributed by atoms with E-state index < -0.39 is 5.92 Å². The molecule has 1 N–H and O–H groups in total. The molecule has 29 heavy (non-hydrogen) atoms. The number of aromatic amines is 1. The third-order valence-electron chi connectivity index (χ3n) is 5.41. The molecule has 0 unspecified atom stereocenters. The van der Waals surface area contributed by atoms with Gasteiger partial charge in [0, 0.05) is 30.6 Å². The van der Waals surface area contributed by atoms with Crippen molar-refractivity contribution in [3.8, 4) is 11.3 Å². The maximum absolute atomic E-state index is 13.6. The molecule has 1 aromatic carbocycles. The number of fused-ring (bicyclic) bond motifs is 1. The highest BCUT2D eigenvalue weighted by Crippen LogP contribution is 2.40. The molecule has 5 rings (SSSR count). The standard InChI is InChI=1S/C20H18ClF2N5O/c1-20(22,23)14-5-4-12(8-15(14)21)27-6-7-28-17(19(27)29)13(9-25-28)16-10-24-18(26-16)11-2-3-11/h4-5,8-11H,2-3,6-7H2,1H3,(H,24,26). The lowest BCUT2D eigenvalue weighted by atomic mass is 10.1. The van der Waals surface area contributed by atoms with Gasteiger partial charge in [0.2, 0.25) is 0 Å². The van der Waals surface area contributed by atoms with Crippen LogP contribution in [0.1, 0.15) is 47.6 Å². The van der Waals surface area contributed by atoms with E-state index in [4.69, 9.17) is 11.6 Å². The van der Waals surface area contributed by atoms with Crippen LogP contribution in [0.5, 0.6) is 0 Å². The summed E-state index contributed by atoms with van der Waals surface area (Å²) in [6, 6.07) is 4.19. The third-order valence-corrected chi connectivity index (χ3v) is 5.72. The first-order chi connectivity index (χ1) is 13.8. The molecule has 1 saturated carbocycles. The lowest BCUT2D eigenvalue weighted by molar-refractivity contribution is 0.0176. The van der Waals surface area contributed by atoms with Gasteiger partial charge in [-0.15, -0.1) is 0 Å². The van der Waals surface area contributed by atoms with Crippen LogP contribution in [0, 0.1) is 0 Å². The summed E-state index contributed by atoms with van der Waals surface area (Å²) in [7, 11) is 0. The minimum atomic E-state index is -3.05. The quantitative estimate of drug-likeness (QED) is 0.675. The summed E-state index contributed by atoms with van der Waals surface area (Å²) in [6.45, 7) is 1.67. The van der Waals surface area contributed by atoms with E-state index in [0.29, 0.717) is 36.0 Å². The largest absolute Gasteiger partial charge is 0.342 e. The van der Waals surface area contributed by atoms with E-state index in [1.165, 1.54) is 18.2 Å². The van der Waals surface area contributed by atoms with Gasteiger partial charge in [-0.1, -0.05) is 11.6 Å². The predicted molar refractivity (Wildman–Crippen MR) is 104 cm³/mol. The monoisotopic (exact) mass is 417 g/mol. The second kappa shape index (κ2) is 6.38. The zero-order valence-electron chi connectivity index (χ0n) is 15.6. The van der Waals surface area contributed by atoms with Crippen molar-refractivity contribution in [1.29, 1.82) is 0 Å². The Labute approximate surface area is 170 Å². The van der Waals surface area contributed by atoms with Gasteiger partial charge in [0.25, 0.3) is 11.8 Å². The van der Waals surface area contributed by atoms with Gasteiger partial charge in [-0.25, -0.2) is 13.8 Å². The number of amides is 1. The Balaban J connectivity index is 1.49. The Morgan fingerprint density at radius 1 is 1.24 bits per heavy atom. The number of carbonyl (C=O) groups is 1. The topological polar surface area (TPSA) is 66.8 Å². The molecule has 1 aliphatic heterocycles. The number of hydrogen-bond donors (Lipinski definition) is 1. The van der Waals surface area contributed by atoms with Crippen LogP contribution >= 0.6 is 11.6 Å². The lowest BCUT2D eigenvalue weighted by Crippen LogP contribution is -2.40. The SMILES string of the molecule is CC(F)(F)c1ccc(N2CCn3ncc(-c4cnc(C5CC5)[nH]4)c3C2=O)cc1Cl. The molecule has 1 amide bonds. The molecule has 9 heteroatoms.